The van der Waals surface area contributed by atoms with Crippen molar-refractivity contribution in [3.63, 3.8) is 0 Å². The Morgan fingerprint density at radius 2 is 2.07 bits per heavy atom. The average molecular weight is 422 g/mol. The molecule has 0 aliphatic carbocycles. The van der Waals surface area contributed by atoms with Gasteiger partial charge in [-0.2, -0.15) is 0 Å². The first kappa shape index (κ1) is 22.2. The fourth-order valence-electron chi connectivity index (χ4n) is 4.08. The van der Waals surface area contributed by atoms with Gasteiger partial charge in [-0.05, 0) is 50.8 Å². The quantitative estimate of drug-likeness (QED) is 0.523. The van der Waals surface area contributed by atoms with Crippen LogP contribution in [0.25, 0.3) is 0 Å². The topological polar surface area (TPSA) is 52.1 Å². The van der Waals surface area contributed by atoms with Gasteiger partial charge in [-0.25, -0.2) is 0 Å². The van der Waals surface area contributed by atoms with Gasteiger partial charge in [0.1, 0.15) is 0 Å². The predicted octanol–water partition coefficient (Wildman–Crippen LogP) is 2.75. The van der Waals surface area contributed by atoms with Crippen molar-refractivity contribution >= 4 is 23.2 Å². The molecule has 2 saturated heterocycles. The van der Waals surface area contributed by atoms with Crippen LogP contribution in [0.2, 0.25) is 5.02 Å². The van der Waals surface area contributed by atoms with Gasteiger partial charge in [0.15, 0.2) is 5.96 Å². The molecule has 0 spiro atoms. The van der Waals surface area contributed by atoms with Crippen LogP contribution in [0.15, 0.2) is 23.2 Å². The molecule has 2 N–H and O–H groups in total. The molecular formula is C22H36ClN5O. The van der Waals surface area contributed by atoms with E-state index in [4.69, 9.17) is 21.3 Å². The van der Waals surface area contributed by atoms with Crippen molar-refractivity contribution in [3.05, 3.63) is 28.8 Å². The molecular weight excluding hydrogens is 386 g/mol. The lowest BCUT2D eigenvalue weighted by atomic mass is 10.1. The van der Waals surface area contributed by atoms with Crippen molar-refractivity contribution < 1.29 is 4.74 Å². The third-order valence-corrected chi connectivity index (χ3v) is 6.12. The first-order valence-electron chi connectivity index (χ1n) is 10.9. The van der Waals surface area contributed by atoms with E-state index in [0.717, 1.165) is 70.0 Å². The van der Waals surface area contributed by atoms with Crippen LogP contribution in [0.5, 0.6) is 0 Å². The Balaban J connectivity index is 1.49. The largest absolute Gasteiger partial charge is 0.379 e. The summed E-state index contributed by atoms with van der Waals surface area (Å²) in [6, 6.07) is 6.59. The maximum atomic E-state index is 6.21. The number of hydrogen-bond donors (Lipinski definition) is 2. The number of aryl methyl sites for hydroxylation is 1. The van der Waals surface area contributed by atoms with E-state index >= 15 is 0 Å². The summed E-state index contributed by atoms with van der Waals surface area (Å²) >= 11 is 6.21. The van der Waals surface area contributed by atoms with Crippen molar-refractivity contribution in [2.75, 3.05) is 63.9 Å². The summed E-state index contributed by atoms with van der Waals surface area (Å²) < 4.78 is 5.45. The minimum Gasteiger partial charge on any atom is -0.379 e. The Labute approximate surface area is 180 Å². The highest BCUT2D eigenvalue weighted by molar-refractivity contribution is 6.30. The summed E-state index contributed by atoms with van der Waals surface area (Å²) in [7, 11) is 0. The molecule has 2 heterocycles. The zero-order valence-corrected chi connectivity index (χ0v) is 18.8. The predicted molar refractivity (Wildman–Crippen MR) is 122 cm³/mol. The van der Waals surface area contributed by atoms with Crippen LogP contribution in [0.4, 0.5) is 5.69 Å². The number of ether oxygens (including phenoxy) is 1. The molecule has 0 saturated carbocycles. The molecule has 1 aromatic rings. The van der Waals surface area contributed by atoms with Crippen LogP contribution in [-0.2, 0) is 4.74 Å². The lowest BCUT2D eigenvalue weighted by molar-refractivity contribution is 0.0220. The Morgan fingerprint density at radius 3 is 2.83 bits per heavy atom. The fraction of sp³-hybridized carbons (Fsp3) is 0.682. The van der Waals surface area contributed by atoms with Gasteiger partial charge in [-0.3, -0.25) is 9.89 Å². The Hall–Kier alpha value is -1.50. The zero-order chi connectivity index (χ0) is 20.6. The number of benzene rings is 1. The SMILES string of the molecule is CCNC(=NCC(C)N1CCOCC1)NCC1CCN(c2cc(Cl)ccc2C)C1. The van der Waals surface area contributed by atoms with Crippen LogP contribution in [0.3, 0.4) is 0 Å². The molecule has 2 aliphatic heterocycles. The third-order valence-electron chi connectivity index (χ3n) is 5.88. The summed E-state index contributed by atoms with van der Waals surface area (Å²) in [5, 5.41) is 7.76. The van der Waals surface area contributed by atoms with E-state index in [9.17, 15) is 0 Å². The van der Waals surface area contributed by atoms with Crippen molar-refractivity contribution in [3.8, 4) is 0 Å². The molecule has 3 rings (SSSR count). The molecule has 2 aliphatic rings. The lowest BCUT2D eigenvalue weighted by Crippen LogP contribution is -2.45. The van der Waals surface area contributed by atoms with E-state index in [0.29, 0.717) is 12.0 Å². The summed E-state index contributed by atoms with van der Waals surface area (Å²) in [4.78, 5) is 9.75. The van der Waals surface area contributed by atoms with Gasteiger partial charge in [0.25, 0.3) is 0 Å². The summed E-state index contributed by atoms with van der Waals surface area (Å²) in [6.45, 7) is 14.9. The smallest absolute Gasteiger partial charge is 0.191 e. The number of hydrogen-bond acceptors (Lipinski definition) is 4. The fourth-order valence-corrected chi connectivity index (χ4v) is 4.25. The van der Waals surface area contributed by atoms with Gasteiger partial charge in [-0.15, -0.1) is 0 Å². The number of anilines is 1. The molecule has 6 nitrogen and oxygen atoms in total. The molecule has 0 bridgehead atoms. The zero-order valence-electron chi connectivity index (χ0n) is 18.1. The minimum absolute atomic E-state index is 0.433. The van der Waals surface area contributed by atoms with Crippen LogP contribution < -0.4 is 15.5 Å². The standard InChI is InChI=1S/C22H36ClN5O/c1-4-24-22(25-14-18(3)27-9-11-29-12-10-27)26-15-19-7-8-28(16-19)21-13-20(23)6-5-17(21)2/h5-6,13,18-19H,4,7-12,14-16H2,1-3H3,(H2,24,25,26). The van der Waals surface area contributed by atoms with E-state index in [1.165, 1.54) is 17.7 Å². The van der Waals surface area contributed by atoms with Crippen molar-refractivity contribution in [1.82, 2.24) is 15.5 Å². The number of rotatable bonds is 7. The highest BCUT2D eigenvalue weighted by atomic mass is 35.5. The van der Waals surface area contributed by atoms with Crippen molar-refractivity contribution in [1.29, 1.82) is 0 Å². The van der Waals surface area contributed by atoms with Crippen molar-refractivity contribution in [2.45, 2.75) is 33.2 Å². The normalized spacial score (nSPS) is 22.0. The van der Waals surface area contributed by atoms with Gasteiger partial charge < -0.3 is 20.3 Å². The van der Waals surface area contributed by atoms with E-state index in [-0.39, 0.29) is 0 Å². The summed E-state index contributed by atoms with van der Waals surface area (Å²) in [5.74, 6) is 1.53. The van der Waals surface area contributed by atoms with Crippen LogP contribution >= 0.6 is 11.6 Å². The van der Waals surface area contributed by atoms with Gasteiger partial charge in [-0.1, -0.05) is 17.7 Å². The number of morpholine rings is 1. The highest BCUT2D eigenvalue weighted by Gasteiger charge is 2.24. The van der Waals surface area contributed by atoms with Crippen molar-refractivity contribution in [2.24, 2.45) is 10.9 Å². The van der Waals surface area contributed by atoms with Gasteiger partial charge in [0.05, 0.1) is 19.8 Å². The number of nitrogens with one attached hydrogen (secondary N) is 2. The molecule has 2 fully saturated rings. The van der Waals surface area contributed by atoms with Crippen LogP contribution in [-0.4, -0.2) is 75.9 Å². The highest BCUT2D eigenvalue weighted by Crippen LogP contribution is 2.29. The second-order valence-corrected chi connectivity index (χ2v) is 8.57. The molecule has 1 aromatic carbocycles. The minimum atomic E-state index is 0.433. The van der Waals surface area contributed by atoms with Gasteiger partial charge in [0.2, 0.25) is 0 Å². The molecule has 29 heavy (non-hydrogen) atoms. The molecule has 162 valence electrons. The molecule has 0 aromatic heterocycles. The molecule has 0 radical (unpaired) electrons. The number of guanidine groups is 1. The monoisotopic (exact) mass is 421 g/mol. The maximum Gasteiger partial charge on any atom is 0.191 e. The van der Waals surface area contributed by atoms with Gasteiger partial charge in [0, 0.05) is 56.0 Å². The first-order valence-corrected chi connectivity index (χ1v) is 11.3. The number of nitrogens with zero attached hydrogens (tertiary/aromatic N) is 3. The Bertz CT molecular complexity index is 677. The molecule has 0 amide bonds. The third kappa shape index (κ3) is 6.49. The van der Waals surface area contributed by atoms with Gasteiger partial charge >= 0.3 is 0 Å². The summed E-state index contributed by atoms with van der Waals surface area (Å²) in [5.41, 5.74) is 2.55. The second kappa shape index (κ2) is 11.0. The first-order chi connectivity index (χ1) is 14.1. The second-order valence-electron chi connectivity index (χ2n) is 8.13. The molecule has 2 atom stereocenters. The maximum absolute atomic E-state index is 6.21. The number of halogens is 1. The summed E-state index contributed by atoms with van der Waals surface area (Å²) in [6.07, 6.45) is 1.18. The van der Waals surface area contributed by atoms with E-state index in [2.05, 4.69) is 53.3 Å². The Morgan fingerprint density at radius 1 is 1.28 bits per heavy atom. The van der Waals surface area contributed by atoms with E-state index in [1.807, 2.05) is 6.07 Å². The van der Waals surface area contributed by atoms with Crippen LogP contribution in [0.1, 0.15) is 25.8 Å². The average Bonchev–Trinajstić information content (AvgIpc) is 3.21. The van der Waals surface area contributed by atoms with Crippen LogP contribution in [0, 0.1) is 12.8 Å². The molecule has 2 unspecified atom stereocenters. The number of aliphatic imine (C=N–C) groups is 1. The molecule has 7 heteroatoms. The lowest BCUT2D eigenvalue weighted by Gasteiger charge is -2.31. The van der Waals surface area contributed by atoms with E-state index < -0.39 is 0 Å². The Kier molecular flexibility index (Phi) is 8.45. The van der Waals surface area contributed by atoms with E-state index in [1.54, 1.807) is 0 Å².